The minimum absolute atomic E-state index is 0.0130. The molecule has 11 nitrogen and oxygen atoms in total. The number of carbonyl (C=O) groups is 2. The third-order valence-electron chi connectivity index (χ3n) is 4.77. The van der Waals surface area contributed by atoms with Gasteiger partial charge in [-0.05, 0) is 18.2 Å². The van der Waals surface area contributed by atoms with Gasteiger partial charge in [0, 0.05) is 50.1 Å². The molecule has 0 atom stereocenters. The zero-order chi connectivity index (χ0) is 21.7. The van der Waals surface area contributed by atoms with Crippen molar-refractivity contribution in [2.75, 3.05) is 43.5 Å². The number of hydroxylamine groups is 1. The number of carbonyl (C=O) groups excluding carboxylic acids is 2. The van der Waals surface area contributed by atoms with Crippen molar-refractivity contribution >= 4 is 29.0 Å². The van der Waals surface area contributed by atoms with Crippen LogP contribution in [0.4, 0.5) is 21.9 Å². The van der Waals surface area contributed by atoms with Crippen molar-refractivity contribution in [3.05, 3.63) is 58.1 Å². The van der Waals surface area contributed by atoms with Gasteiger partial charge in [-0.3, -0.25) is 20.1 Å². The maximum Gasteiger partial charge on any atom is 0.321 e. The first-order valence-electron chi connectivity index (χ1n) is 9.10. The van der Waals surface area contributed by atoms with Crippen molar-refractivity contribution in [2.45, 2.75) is 0 Å². The molecule has 1 aliphatic rings. The van der Waals surface area contributed by atoms with Crippen LogP contribution in [0.25, 0.3) is 0 Å². The second-order valence-corrected chi connectivity index (χ2v) is 6.54. The molecule has 1 fully saturated rings. The topological polar surface area (TPSA) is 137 Å². The molecular weight excluding hydrogens is 394 g/mol. The van der Waals surface area contributed by atoms with Crippen molar-refractivity contribution < 1.29 is 24.5 Å². The van der Waals surface area contributed by atoms with Crippen LogP contribution in [-0.4, -0.2) is 60.3 Å². The molecule has 1 aliphatic heterocycles. The van der Waals surface area contributed by atoms with Crippen LogP contribution in [0, 0.1) is 10.1 Å². The van der Waals surface area contributed by atoms with Crippen LogP contribution in [-0.2, 0) is 0 Å². The number of non-ortho nitro benzene ring substituents is 1. The van der Waals surface area contributed by atoms with E-state index in [0.717, 1.165) is 6.07 Å². The molecule has 3 rings (SSSR count). The Bertz CT molecular complexity index is 958. The number of ether oxygens (including phenoxy) is 1. The summed E-state index contributed by atoms with van der Waals surface area (Å²) in [5.74, 6) is -0.211. The Morgan fingerprint density at radius 2 is 1.87 bits per heavy atom. The fourth-order valence-corrected chi connectivity index (χ4v) is 3.21. The van der Waals surface area contributed by atoms with E-state index in [1.165, 1.54) is 17.6 Å². The van der Waals surface area contributed by atoms with Gasteiger partial charge >= 0.3 is 6.03 Å². The first-order valence-corrected chi connectivity index (χ1v) is 9.10. The smallest absolute Gasteiger partial charge is 0.321 e. The number of anilines is 2. The van der Waals surface area contributed by atoms with Gasteiger partial charge in [0.05, 0.1) is 23.3 Å². The predicted molar refractivity (Wildman–Crippen MR) is 108 cm³/mol. The Hall–Kier alpha value is -3.86. The van der Waals surface area contributed by atoms with Gasteiger partial charge in [-0.25, -0.2) is 10.3 Å². The van der Waals surface area contributed by atoms with Crippen LogP contribution in [0.1, 0.15) is 10.4 Å². The summed E-state index contributed by atoms with van der Waals surface area (Å²) in [7, 11) is 1.55. The number of rotatable bonds is 5. The van der Waals surface area contributed by atoms with Crippen LogP contribution >= 0.6 is 0 Å². The lowest BCUT2D eigenvalue weighted by Crippen LogP contribution is -2.50. The number of methoxy groups -OCH3 is 1. The van der Waals surface area contributed by atoms with Crippen LogP contribution in [0.2, 0.25) is 0 Å². The number of nitro groups is 1. The van der Waals surface area contributed by atoms with Gasteiger partial charge in [-0.15, -0.1) is 0 Å². The molecule has 11 heteroatoms. The number of nitrogens with one attached hydrogen (secondary N) is 2. The summed E-state index contributed by atoms with van der Waals surface area (Å²) in [6, 6.07) is 10.6. The van der Waals surface area contributed by atoms with Gasteiger partial charge in [-0.2, -0.15) is 0 Å². The SMILES string of the molecule is COc1cccc(NC(=O)N2CCN(c3ccc([N+](=O)[O-])cc3C(=O)NO)CC2)c1. The number of benzene rings is 2. The number of urea groups is 1. The summed E-state index contributed by atoms with van der Waals surface area (Å²) in [6.07, 6.45) is 0. The van der Waals surface area contributed by atoms with Crippen LogP contribution in [0.3, 0.4) is 0 Å². The van der Waals surface area contributed by atoms with Crippen LogP contribution in [0.15, 0.2) is 42.5 Å². The summed E-state index contributed by atoms with van der Waals surface area (Å²) in [4.78, 5) is 38.4. The molecule has 30 heavy (non-hydrogen) atoms. The Labute approximate surface area is 171 Å². The van der Waals surface area contributed by atoms with E-state index in [1.54, 1.807) is 36.3 Å². The van der Waals surface area contributed by atoms with Gasteiger partial charge in [0.15, 0.2) is 0 Å². The van der Waals surface area contributed by atoms with Crippen molar-refractivity contribution in [1.82, 2.24) is 10.4 Å². The van der Waals surface area contributed by atoms with E-state index >= 15 is 0 Å². The van der Waals surface area contributed by atoms with Crippen molar-refractivity contribution in [3.8, 4) is 5.75 Å². The number of piperazine rings is 1. The molecule has 0 saturated carbocycles. The molecule has 1 heterocycles. The third kappa shape index (κ3) is 4.58. The Kier molecular flexibility index (Phi) is 6.32. The van der Waals surface area contributed by atoms with Gasteiger partial charge < -0.3 is 19.9 Å². The van der Waals surface area contributed by atoms with Gasteiger partial charge in [0.1, 0.15) is 5.75 Å². The van der Waals surface area contributed by atoms with Gasteiger partial charge in [-0.1, -0.05) is 6.07 Å². The molecule has 0 aromatic heterocycles. The monoisotopic (exact) mass is 415 g/mol. The second-order valence-electron chi connectivity index (χ2n) is 6.54. The molecule has 0 spiro atoms. The molecule has 0 radical (unpaired) electrons. The van der Waals surface area contributed by atoms with E-state index in [1.807, 2.05) is 4.90 Å². The van der Waals surface area contributed by atoms with E-state index in [2.05, 4.69) is 5.32 Å². The zero-order valence-electron chi connectivity index (χ0n) is 16.2. The molecule has 3 N–H and O–H groups in total. The lowest BCUT2D eigenvalue weighted by molar-refractivity contribution is -0.384. The lowest BCUT2D eigenvalue weighted by Gasteiger charge is -2.36. The van der Waals surface area contributed by atoms with E-state index in [4.69, 9.17) is 9.94 Å². The van der Waals surface area contributed by atoms with Crippen LogP contribution in [0.5, 0.6) is 5.75 Å². The molecule has 1 saturated heterocycles. The normalized spacial score (nSPS) is 13.5. The Morgan fingerprint density at radius 3 is 2.50 bits per heavy atom. The number of nitro benzene ring substituents is 1. The maximum atomic E-state index is 12.5. The van der Waals surface area contributed by atoms with Crippen LogP contribution < -0.4 is 20.4 Å². The minimum atomic E-state index is -0.841. The first-order chi connectivity index (χ1) is 14.4. The fraction of sp³-hybridized carbons (Fsp3) is 0.263. The highest BCUT2D eigenvalue weighted by atomic mass is 16.6. The first kappa shape index (κ1) is 20.9. The quantitative estimate of drug-likeness (QED) is 0.386. The molecule has 2 aromatic rings. The van der Waals surface area contributed by atoms with E-state index in [0.29, 0.717) is 43.3 Å². The zero-order valence-corrected chi connectivity index (χ0v) is 16.2. The predicted octanol–water partition coefficient (Wildman–Crippen LogP) is 2.08. The third-order valence-corrected chi connectivity index (χ3v) is 4.77. The molecule has 0 bridgehead atoms. The Balaban J connectivity index is 1.68. The summed E-state index contributed by atoms with van der Waals surface area (Å²) in [5.41, 5.74) is 2.30. The number of hydrogen-bond donors (Lipinski definition) is 3. The van der Waals surface area contributed by atoms with Crippen molar-refractivity contribution in [3.63, 3.8) is 0 Å². The highest BCUT2D eigenvalue weighted by molar-refractivity contribution is 6.00. The van der Waals surface area contributed by atoms with E-state index in [-0.39, 0.29) is 17.3 Å². The van der Waals surface area contributed by atoms with E-state index in [9.17, 15) is 19.7 Å². The van der Waals surface area contributed by atoms with Gasteiger partial charge in [0.25, 0.3) is 11.6 Å². The summed E-state index contributed by atoms with van der Waals surface area (Å²) >= 11 is 0. The number of amides is 3. The second kappa shape index (κ2) is 9.09. The molecule has 2 aromatic carbocycles. The molecular formula is C19H21N5O6. The number of nitrogens with zero attached hydrogens (tertiary/aromatic N) is 3. The molecule has 0 aliphatic carbocycles. The van der Waals surface area contributed by atoms with Crippen molar-refractivity contribution in [1.29, 1.82) is 0 Å². The average Bonchev–Trinajstić information content (AvgIpc) is 2.78. The molecule has 158 valence electrons. The maximum absolute atomic E-state index is 12.5. The minimum Gasteiger partial charge on any atom is -0.497 e. The largest absolute Gasteiger partial charge is 0.497 e. The Morgan fingerprint density at radius 1 is 1.13 bits per heavy atom. The summed E-state index contributed by atoms with van der Waals surface area (Å²) in [5, 5.41) is 22.8. The lowest BCUT2D eigenvalue weighted by atomic mass is 10.1. The summed E-state index contributed by atoms with van der Waals surface area (Å²) in [6.45, 7) is 1.59. The number of hydrogen-bond acceptors (Lipinski definition) is 7. The molecule has 0 unspecified atom stereocenters. The summed E-state index contributed by atoms with van der Waals surface area (Å²) < 4.78 is 5.14. The fourth-order valence-electron chi connectivity index (χ4n) is 3.21. The highest BCUT2D eigenvalue weighted by Crippen LogP contribution is 2.27. The highest BCUT2D eigenvalue weighted by Gasteiger charge is 2.25. The van der Waals surface area contributed by atoms with Crippen molar-refractivity contribution in [2.24, 2.45) is 0 Å². The standard InChI is InChI=1S/C19H21N5O6/c1-30-15-4-2-3-13(11-15)20-19(26)23-9-7-22(8-10-23)17-6-5-14(24(28)29)12-16(17)18(25)21-27/h2-6,11-12,27H,7-10H2,1H3,(H,20,26)(H,21,25). The molecule has 3 amide bonds. The van der Waals surface area contributed by atoms with E-state index < -0.39 is 10.8 Å². The van der Waals surface area contributed by atoms with Gasteiger partial charge in [0.2, 0.25) is 0 Å². The average molecular weight is 415 g/mol.